The van der Waals surface area contributed by atoms with E-state index in [0.29, 0.717) is 31.4 Å². The number of ether oxygens (including phenoxy) is 3. The third kappa shape index (κ3) is 5.34. The molecular formula is C39H40F5N7O4. The number of fused-ring (bicyclic) bond motifs is 7. The summed E-state index contributed by atoms with van der Waals surface area (Å²) in [5.41, 5.74) is 2.75. The first-order valence-corrected chi connectivity index (χ1v) is 18.5. The number of hydrogen-bond donors (Lipinski definition) is 2. The van der Waals surface area contributed by atoms with Gasteiger partial charge < -0.3 is 30.2 Å². The Bertz CT molecular complexity index is 2340. The SMILES string of the molecule is C=C1CCN2C[C@H](F)CC12COc1nc2c3c(nc(-c4c(C(C)(C)C)c(OC(N)=O)c(F)c5ccc(F)c(F)c45)c(F)c3n1)O[C@@H](C)[C@@H]1[C@@H]3CC[C@H](CN21)N3. The van der Waals surface area contributed by atoms with Crippen molar-refractivity contribution in [2.75, 3.05) is 31.1 Å². The Morgan fingerprint density at radius 1 is 1.09 bits per heavy atom. The van der Waals surface area contributed by atoms with Gasteiger partial charge in [0.15, 0.2) is 29.0 Å². The lowest BCUT2D eigenvalue weighted by atomic mass is 9.79. The number of amides is 1. The van der Waals surface area contributed by atoms with Gasteiger partial charge in [-0.3, -0.25) is 4.90 Å². The number of halogens is 5. The number of rotatable bonds is 5. The first kappa shape index (κ1) is 35.8. The van der Waals surface area contributed by atoms with Crippen LogP contribution in [0.15, 0.2) is 24.3 Å². The van der Waals surface area contributed by atoms with E-state index in [1.807, 2.05) is 11.8 Å². The van der Waals surface area contributed by atoms with Crippen LogP contribution < -0.4 is 30.2 Å². The first-order valence-electron chi connectivity index (χ1n) is 18.5. The minimum atomic E-state index is -1.47. The maximum atomic E-state index is 17.8. The van der Waals surface area contributed by atoms with Gasteiger partial charge in [0.25, 0.3) is 0 Å². The average molecular weight is 766 g/mol. The van der Waals surface area contributed by atoms with Crippen LogP contribution in [0.25, 0.3) is 32.9 Å². The van der Waals surface area contributed by atoms with Crippen molar-refractivity contribution in [2.24, 2.45) is 5.73 Å². The van der Waals surface area contributed by atoms with Crippen LogP contribution in [0.2, 0.25) is 0 Å². The molecule has 4 fully saturated rings. The van der Waals surface area contributed by atoms with Crippen molar-refractivity contribution in [3.8, 4) is 28.9 Å². The lowest BCUT2D eigenvalue weighted by Crippen LogP contribution is -2.62. The number of benzene rings is 2. The maximum Gasteiger partial charge on any atom is 0.410 e. The molecule has 7 heterocycles. The van der Waals surface area contributed by atoms with Crippen LogP contribution in [0.1, 0.15) is 58.9 Å². The Hall–Kier alpha value is -4.83. The standard InChI is InChI=1S/C39H40F5N7O4/c1-16-10-11-50-13-18(40)12-39(16,50)15-53-37-48-31-25-34(49-37)51-14-19-6-9-22(46-19)32(51)17(2)54-35(25)47-30(29(31)44)24-23-20(7-8-21(41)28(23)43)27(42)33(55-36(45)52)26(24)38(3,4)5/h7-8,17-19,22,32,46H,1,6,9-15H2,2-5H3,(H2,45,52)/t17-,18+,19+,22-,32+,39?/m0/s1. The van der Waals surface area contributed by atoms with E-state index < -0.39 is 74.8 Å². The summed E-state index contributed by atoms with van der Waals surface area (Å²) in [7, 11) is 0. The molecular weight excluding hydrogens is 725 g/mol. The van der Waals surface area contributed by atoms with Crippen LogP contribution >= 0.6 is 0 Å². The molecule has 6 atom stereocenters. The van der Waals surface area contributed by atoms with E-state index >= 15 is 17.6 Å². The summed E-state index contributed by atoms with van der Waals surface area (Å²) < 4.78 is 98.2. The van der Waals surface area contributed by atoms with Crippen molar-refractivity contribution in [1.82, 2.24) is 25.2 Å². The molecule has 0 aliphatic carbocycles. The number of nitrogens with zero attached hydrogens (tertiary/aromatic N) is 5. The molecule has 1 unspecified atom stereocenters. The van der Waals surface area contributed by atoms with Crippen molar-refractivity contribution >= 4 is 33.6 Å². The zero-order valence-electron chi connectivity index (χ0n) is 30.7. The van der Waals surface area contributed by atoms with Crippen LogP contribution in [-0.4, -0.2) is 88.1 Å². The highest BCUT2D eigenvalue weighted by Crippen LogP contribution is 2.51. The number of anilines is 1. The normalized spacial score (nSPS) is 27.3. The number of nitrogens with one attached hydrogen (secondary N) is 1. The van der Waals surface area contributed by atoms with E-state index in [1.165, 1.54) is 0 Å². The zero-order valence-corrected chi connectivity index (χ0v) is 30.7. The molecule has 5 aliphatic heterocycles. The molecule has 290 valence electrons. The quantitative estimate of drug-likeness (QED) is 0.175. The highest BCUT2D eigenvalue weighted by atomic mass is 19.2. The second-order valence-corrected chi connectivity index (χ2v) is 16.4. The molecule has 0 spiro atoms. The minimum Gasteiger partial charge on any atom is -0.472 e. The lowest BCUT2D eigenvalue weighted by molar-refractivity contribution is 0.130. The molecule has 2 aromatic heterocycles. The van der Waals surface area contributed by atoms with Gasteiger partial charge in [0.1, 0.15) is 41.3 Å². The molecule has 2 aromatic carbocycles. The number of aromatic nitrogens is 3. The Kier molecular flexibility index (Phi) is 8.04. The fourth-order valence-electron chi connectivity index (χ4n) is 9.70. The molecule has 5 aliphatic rings. The van der Waals surface area contributed by atoms with Gasteiger partial charge in [-0.25, -0.2) is 31.7 Å². The Morgan fingerprint density at radius 3 is 2.62 bits per heavy atom. The van der Waals surface area contributed by atoms with Gasteiger partial charge in [0.05, 0.1) is 11.6 Å². The second kappa shape index (κ2) is 12.3. The topological polar surface area (TPSA) is 128 Å². The van der Waals surface area contributed by atoms with Gasteiger partial charge >= 0.3 is 12.1 Å². The molecule has 2 bridgehead atoms. The van der Waals surface area contributed by atoms with Crippen molar-refractivity contribution < 1.29 is 41.0 Å². The number of piperazine rings is 1. The van der Waals surface area contributed by atoms with Crippen LogP contribution in [0, 0.1) is 23.3 Å². The van der Waals surface area contributed by atoms with Gasteiger partial charge in [-0.1, -0.05) is 32.9 Å². The lowest BCUT2D eigenvalue weighted by Gasteiger charge is -2.42. The number of alkyl halides is 1. The smallest absolute Gasteiger partial charge is 0.410 e. The summed E-state index contributed by atoms with van der Waals surface area (Å²) in [6, 6.07) is 1.32. The largest absolute Gasteiger partial charge is 0.472 e. The van der Waals surface area contributed by atoms with Gasteiger partial charge in [0.2, 0.25) is 5.88 Å². The van der Waals surface area contributed by atoms with Gasteiger partial charge in [0, 0.05) is 60.0 Å². The molecule has 4 saturated heterocycles. The summed E-state index contributed by atoms with van der Waals surface area (Å²) in [6.45, 7) is 12.2. The molecule has 1 amide bonds. The predicted molar refractivity (Wildman–Crippen MR) is 193 cm³/mol. The van der Waals surface area contributed by atoms with Crippen molar-refractivity contribution in [3.63, 3.8) is 0 Å². The number of hydrogen-bond acceptors (Lipinski definition) is 10. The van der Waals surface area contributed by atoms with Crippen molar-refractivity contribution in [1.29, 1.82) is 0 Å². The minimum absolute atomic E-state index is 0.00453. The Labute approximate surface area is 313 Å². The van der Waals surface area contributed by atoms with E-state index in [2.05, 4.69) is 26.8 Å². The van der Waals surface area contributed by atoms with Crippen molar-refractivity contribution in [3.05, 3.63) is 53.1 Å². The maximum absolute atomic E-state index is 17.8. The van der Waals surface area contributed by atoms with Gasteiger partial charge in [-0.05, 0) is 43.7 Å². The number of pyridine rings is 1. The summed E-state index contributed by atoms with van der Waals surface area (Å²) in [6.07, 6.45) is -0.384. The van der Waals surface area contributed by atoms with Crippen LogP contribution in [0.4, 0.5) is 32.6 Å². The first-order chi connectivity index (χ1) is 26.1. The number of carbonyl (C=O) groups is 1. The third-order valence-corrected chi connectivity index (χ3v) is 12.0. The summed E-state index contributed by atoms with van der Waals surface area (Å²) in [4.78, 5) is 30.3. The fourth-order valence-corrected chi connectivity index (χ4v) is 9.70. The number of carbonyl (C=O) groups excluding carboxylic acids is 1. The predicted octanol–water partition coefficient (Wildman–Crippen LogP) is 6.37. The second-order valence-electron chi connectivity index (χ2n) is 16.4. The summed E-state index contributed by atoms with van der Waals surface area (Å²) in [5, 5.41) is 2.63. The van der Waals surface area contributed by atoms with Crippen LogP contribution in [0.3, 0.4) is 0 Å². The molecule has 55 heavy (non-hydrogen) atoms. The highest BCUT2D eigenvalue weighted by molar-refractivity contribution is 6.04. The zero-order chi connectivity index (χ0) is 38.9. The van der Waals surface area contributed by atoms with Crippen molar-refractivity contribution in [2.45, 2.75) is 94.7 Å². The monoisotopic (exact) mass is 765 g/mol. The Balaban J connectivity index is 1.33. The number of primary amides is 1. The molecule has 16 heteroatoms. The van der Waals surface area contributed by atoms with E-state index in [9.17, 15) is 9.18 Å². The molecule has 0 saturated carbocycles. The van der Waals surface area contributed by atoms with E-state index in [-0.39, 0.29) is 71.6 Å². The Morgan fingerprint density at radius 2 is 1.87 bits per heavy atom. The fraction of sp³-hybridized carbons (Fsp3) is 0.487. The molecule has 0 radical (unpaired) electrons. The van der Waals surface area contributed by atoms with Crippen LogP contribution in [0.5, 0.6) is 17.6 Å². The molecule has 9 rings (SSSR count). The average Bonchev–Trinajstić information content (AvgIpc) is 3.73. The van der Waals surface area contributed by atoms with E-state index in [4.69, 9.17) is 24.9 Å². The highest BCUT2D eigenvalue weighted by Gasteiger charge is 2.52. The third-order valence-electron chi connectivity index (χ3n) is 12.0. The van der Waals surface area contributed by atoms with Gasteiger partial charge in [-0.15, -0.1) is 0 Å². The number of nitrogens with two attached hydrogens (primary N) is 1. The van der Waals surface area contributed by atoms with Crippen LogP contribution in [-0.2, 0) is 5.41 Å². The molecule has 3 N–H and O–H groups in total. The molecule has 11 nitrogen and oxygen atoms in total. The van der Waals surface area contributed by atoms with E-state index in [0.717, 1.165) is 24.5 Å². The van der Waals surface area contributed by atoms with E-state index in [1.54, 1.807) is 20.8 Å². The summed E-state index contributed by atoms with van der Waals surface area (Å²) >= 11 is 0. The summed E-state index contributed by atoms with van der Waals surface area (Å²) in [5.74, 6) is -5.57. The molecule has 4 aromatic rings. The van der Waals surface area contributed by atoms with Gasteiger partial charge in [-0.2, -0.15) is 9.97 Å².